The Kier molecular flexibility index (Phi) is 2.33. The van der Waals surface area contributed by atoms with E-state index < -0.39 is 15.4 Å². The average molecular weight is 158 g/mol. The maximum Gasteiger partial charge on any atom is 0.453 e. The molecule has 8 heavy (non-hydrogen) atoms. The van der Waals surface area contributed by atoms with Crippen LogP contribution in [0.4, 0.5) is 4.79 Å². The largest absolute Gasteiger partial charge is 0.453 e. The molecule has 7 heteroatoms. The molecule has 0 rings (SSSR count). The third-order valence-corrected chi connectivity index (χ3v) is 1.21. The number of carbonyl (C=O) groups excluding carboxylic acids is 1. The van der Waals surface area contributed by atoms with Gasteiger partial charge in [0, 0.05) is 0 Å². The van der Waals surface area contributed by atoms with Gasteiger partial charge in [-0.15, -0.1) is 0 Å². The van der Waals surface area contributed by atoms with Crippen molar-refractivity contribution in [3.8, 4) is 0 Å². The molecule has 0 saturated heterocycles. The van der Waals surface area contributed by atoms with Gasteiger partial charge in [0.25, 0.3) is 0 Å². The summed E-state index contributed by atoms with van der Waals surface area (Å²) in [5.41, 5.74) is 0. The molecular formula is CH3O5PS. The molecule has 0 spiro atoms. The molecule has 0 saturated carbocycles. The van der Waals surface area contributed by atoms with E-state index in [0.29, 0.717) is 0 Å². The minimum Gasteiger partial charge on any atom is -0.438 e. The Bertz CT molecular complexity index is 179. The SMILES string of the molecule is O=C(OP)S(=O)(=O)O. The summed E-state index contributed by atoms with van der Waals surface area (Å²) in [5, 5.41) is -1.68. The minimum absolute atomic E-state index is 1.39. The number of hydrogen-bond donors (Lipinski definition) is 1. The van der Waals surface area contributed by atoms with Crippen molar-refractivity contribution in [3.63, 3.8) is 0 Å². The summed E-state index contributed by atoms with van der Waals surface area (Å²) in [5.74, 6) is 0. The Balaban J connectivity index is 4.29. The van der Waals surface area contributed by atoms with E-state index in [0.717, 1.165) is 0 Å². The van der Waals surface area contributed by atoms with Crippen LogP contribution in [0.3, 0.4) is 0 Å². The fourth-order valence-corrected chi connectivity index (χ4v) is 0.547. The molecule has 0 aromatic rings. The van der Waals surface area contributed by atoms with Crippen molar-refractivity contribution in [1.29, 1.82) is 0 Å². The van der Waals surface area contributed by atoms with Crippen LogP contribution in [0.25, 0.3) is 0 Å². The van der Waals surface area contributed by atoms with Crippen LogP contribution >= 0.6 is 9.47 Å². The minimum atomic E-state index is -4.63. The van der Waals surface area contributed by atoms with Gasteiger partial charge in [-0.05, 0) is 0 Å². The first kappa shape index (κ1) is 7.81. The van der Waals surface area contributed by atoms with Crippen LogP contribution in [-0.4, -0.2) is 18.3 Å². The summed E-state index contributed by atoms with van der Waals surface area (Å²) >= 11 is 0. The summed E-state index contributed by atoms with van der Waals surface area (Å²) < 4.78 is 30.6. The summed E-state index contributed by atoms with van der Waals surface area (Å²) in [7, 11) is -3.24. The van der Waals surface area contributed by atoms with Gasteiger partial charge in [0.05, 0.1) is 9.47 Å². The highest BCUT2D eigenvalue weighted by molar-refractivity contribution is 8.00. The highest BCUT2D eigenvalue weighted by atomic mass is 32.2. The highest BCUT2D eigenvalue weighted by Crippen LogP contribution is 1.94. The Morgan fingerprint density at radius 1 is 1.62 bits per heavy atom. The second kappa shape index (κ2) is 2.39. The monoisotopic (exact) mass is 158 g/mol. The van der Waals surface area contributed by atoms with Crippen molar-refractivity contribution in [2.24, 2.45) is 0 Å². The van der Waals surface area contributed by atoms with Crippen molar-refractivity contribution < 1.29 is 22.3 Å². The smallest absolute Gasteiger partial charge is 0.438 e. The Hall–Kier alpha value is -0.190. The number of hydrogen-bond acceptors (Lipinski definition) is 4. The van der Waals surface area contributed by atoms with Gasteiger partial charge in [-0.25, -0.2) is 4.79 Å². The second-order valence-electron chi connectivity index (χ2n) is 0.843. The van der Waals surface area contributed by atoms with Crippen LogP contribution in [0.15, 0.2) is 0 Å². The van der Waals surface area contributed by atoms with Gasteiger partial charge in [0.2, 0.25) is 0 Å². The molecule has 0 aliphatic rings. The van der Waals surface area contributed by atoms with Crippen molar-refractivity contribution in [1.82, 2.24) is 0 Å². The normalized spacial score (nSPS) is 10.8. The first-order valence-electron chi connectivity index (χ1n) is 1.36. The highest BCUT2D eigenvalue weighted by Gasteiger charge is 2.17. The van der Waals surface area contributed by atoms with Gasteiger partial charge < -0.3 is 4.52 Å². The fourth-order valence-electron chi connectivity index (χ4n) is 0.0608. The standard InChI is InChI=1S/CH3O5PS/c2-1(6-7)8(3,4)5/h7H2,(H,3,4,5). The van der Waals surface area contributed by atoms with E-state index in [2.05, 4.69) is 4.52 Å². The predicted molar refractivity (Wildman–Crippen MR) is 27.7 cm³/mol. The number of carbonyl (C=O) groups is 1. The molecule has 0 amide bonds. The molecule has 1 unspecified atom stereocenters. The van der Waals surface area contributed by atoms with Crippen LogP contribution in [0.1, 0.15) is 0 Å². The quantitative estimate of drug-likeness (QED) is 0.390. The Morgan fingerprint density at radius 3 is 2.00 bits per heavy atom. The fraction of sp³-hybridized carbons (Fsp3) is 0. The van der Waals surface area contributed by atoms with E-state index in [1.54, 1.807) is 0 Å². The molecule has 5 nitrogen and oxygen atoms in total. The maximum absolute atomic E-state index is 9.75. The zero-order valence-electron chi connectivity index (χ0n) is 3.57. The molecule has 1 atom stereocenters. The van der Waals surface area contributed by atoms with Crippen molar-refractivity contribution in [2.75, 3.05) is 0 Å². The Labute approximate surface area is 48.1 Å². The molecular weight excluding hydrogens is 155 g/mol. The van der Waals surface area contributed by atoms with E-state index in [1.807, 2.05) is 0 Å². The van der Waals surface area contributed by atoms with E-state index in [4.69, 9.17) is 4.55 Å². The van der Waals surface area contributed by atoms with Gasteiger partial charge in [-0.2, -0.15) is 8.42 Å². The van der Waals surface area contributed by atoms with Crippen molar-refractivity contribution >= 4 is 24.9 Å². The lowest BCUT2D eigenvalue weighted by Crippen LogP contribution is -2.09. The lowest BCUT2D eigenvalue weighted by molar-refractivity contribution is 0.228. The van der Waals surface area contributed by atoms with Crippen LogP contribution in [0.2, 0.25) is 0 Å². The maximum atomic E-state index is 9.75. The number of rotatable bonds is 0. The van der Waals surface area contributed by atoms with E-state index in [1.165, 1.54) is 9.47 Å². The van der Waals surface area contributed by atoms with E-state index in [9.17, 15) is 13.2 Å². The molecule has 0 aliphatic heterocycles. The summed E-state index contributed by atoms with van der Waals surface area (Å²) in [6, 6.07) is 0. The zero-order valence-corrected chi connectivity index (χ0v) is 5.54. The molecule has 0 aromatic heterocycles. The molecule has 48 valence electrons. The van der Waals surface area contributed by atoms with Crippen LogP contribution in [0, 0.1) is 0 Å². The lowest BCUT2D eigenvalue weighted by atomic mass is 11.6. The van der Waals surface area contributed by atoms with Crippen LogP contribution < -0.4 is 0 Å². The molecule has 0 radical (unpaired) electrons. The molecule has 0 fully saturated rings. The molecule has 0 bridgehead atoms. The summed E-state index contributed by atoms with van der Waals surface area (Å²) in [6.07, 6.45) is 0. The van der Waals surface area contributed by atoms with Gasteiger partial charge in [-0.1, -0.05) is 0 Å². The summed E-state index contributed by atoms with van der Waals surface area (Å²) in [4.78, 5) is 9.75. The second-order valence-corrected chi connectivity index (χ2v) is 2.36. The molecule has 1 N–H and O–H groups in total. The first-order chi connectivity index (χ1) is 3.48. The van der Waals surface area contributed by atoms with Gasteiger partial charge in [0.15, 0.2) is 0 Å². The third kappa shape index (κ3) is 2.20. The predicted octanol–water partition coefficient (Wildman–Crippen LogP) is -0.199. The Morgan fingerprint density at radius 2 is 2.00 bits per heavy atom. The van der Waals surface area contributed by atoms with Gasteiger partial charge >= 0.3 is 15.4 Å². The molecule has 0 aliphatic carbocycles. The molecule has 0 aromatic carbocycles. The average Bonchev–Trinajstić information content (AvgIpc) is 1.62. The van der Waals surface area contributed by atoms with Gasteiger partial charge in [0.1, 0.15) is 0 Å². The summed E-state index contributed by atoms with van der Waals surface area (Å²) in [6.45, 7) is 0. The van der Waals surface area contributed by atoms with Crippen LogP contribution in [-0.2, 0) is 14.6 Å². The van der Waals surface area contributed by atoms with Gasteiger partial charge in [-0.3, -0.25) is 4.55 Å². The third-order valence-electron chi connectivity index (χ3n) is 0.307. The molecule has 0 heterocycles. The topological polar surface area (TPSA) is 80.7 Å². The van der Waals surface area contributed by atoms with E-state index in [-0.39, 0.29) is 0 Å². The van der Waals surface area contributed by atoms with Crippen molar-refractivity contribution in [2.45, 2.75) is 0 Å². The lowest BCUT2D eigenvalue weighted by Gasteiger charge is -1.88. The van der Waals surface area contributed by atoms with E-state index >= 15 is 0 Å². The van der Waals surface area contributed by atoms with Crippen molar-refractivity contribution in [3.05, 3.63) is 0 Å². The zero-order chi connectivity index (χ0) is 6.78. The first-order valence-corrected chi connectivity index (χ1v) is 3.28. The van der Waals surface area contributed by atoms with Crippen LogP contribution in [0.5, 0.6) is 0 Å².